The normalized spacial score (nSPS) is 18.7. The summed E-state index contributed by atoms with van der Waals surface area (Å²) in [7, 11) is -11.1. The molecule has 2 atom stereocenters. The molecule has 4 aromatic carbocycles. The minimum Gasteiger partial charge on any atom is -0.380 e. The summed E-state index contributed by atoms with van der Waals surface area (Å²) in [5.74, 6) is -3.98. The number of alkyl halides is 3. The molecule has 0 spiro atoms. The highest BCUT2D eigenvalue weighted by atomic mass is 32.2. The maximum absolute atomic E-state index is 14.5. The number of piperazine rings is 2. The maximum atomic E-state index is 14.5. The van der Waals surface area contributed by atoms with Gasteiger partial charge in [0.05, 0.1) is 27.4 Å². The van der Waals surface area contributed by atoms with E-state index in [2.05, 4.69) is 58.0 Å². The highest BCUT2D eigenvalue weighted by Crippen LogP contribution is 2.42. The zero-order valence-electron chi connectivity index (χ0n) is 52.8. The van der Waals surface area contributed by atoms with Gasteiger partial charge in [-0.1, -0.05) is 74.8 Å². The Balaban J connectivity index is 0.760. The fraction of sp³-hybridized carbons (Fsp3) is 0.478. The van der Waals surface area contributed by atoms with Crippen molar-refractivity contribution in [2.75, 3.05) is 86.7 Å². The standard InChI is InChI=1S/C67H82F3N9O11S3/c1-5-45(2)19-20-47-42-66(3,4)31-29-48(47)43-76-35-37-77(38-36-76)50-23-21-46(22-24-50)62(83)74-93(89,90)52-25-26-54(57(41-52)92(87,88)67(68,69)70)71-49(44-91-51-13-8-6-9-14-51)30-32-75-33-39-78(40-34-75)60(82)18-11-7-10-17-58(80)72-55-16-12-15-53-61(55)65(86)79(64(53)85)56-27-28-59(81)73-63(56)84/h6,8-9,12-16,21-26,41,49,56,71H,2,5,7,10-11,17-20,27-40,42-44H2,1,3-4H3,(H,72,80)(H,74,83)(H,73,81,84)/t49-,56?/m1/s1. The van der Waals surface area contributed by atoms with Gasteiger partial charge in [-0.15, -0.1) is 11.8 Å². The van der Waals surface area contributed by atoms with Crippen LogP contribution in [0.5, 0.6) is 0 Å². The number of unbranched alkanes of at least 4 members (excludes halogenated alkanes) is 2. The first-order valence-electron chi connectivity index (χ1n) is 31.8. The number of allylic oxidation sites excluding steroid dienone is 2. The number of sulfonamides is 1. The van der Waals surface area contributed by atoms with Crippen molar-refractivity contribution < 1.29 is 63.6 Å². The van der Waals surface area contributed by atoms with Crippen molar-refractivity contribution >= 4 is 90.0 Å². The Kier molecular flexibility index (Phi) is 22.8. The van der Waals surface area contributed by atoms with E-state index in [4.69, 9.17) is 0 Å². The van der Waals surface area contributed by atoms with Gasteiger partial charge >= 0.3 is 5.51 Å². The van der Waals surface area contributed by atoms with Crippen molar-refractivity contribution in [1.82, 2.24) is 29.6 Å². The molecule has 93 heavy (non-hydrogen) atoms. The summed E-state index contributed by atoms with van der Waals surface area (Å²) >= 11 is 1.38. The number of anilines is 3. The third-order valence-electron chi connectivity index (χ3n) is 18.1. The van der Waals surface area contributed by atoms with Gasteiger partial charge in [-0.2, -0.15) is 13.2 Å². The number of imide groups is 2. The molecule has 5 aliphatic rings. The van der Waals surface area contributed by atoms with Crippen LogP contribution in [-0.2, 0) is 39.0 Å². The van der Waals surface area contributed by atoms with E-state index in [0.717, 1.165) is 98.9 Å². The second-order valence-electron chi connectivity index (χ2n) is 25.3. The van der Waals surface area contributed by atoms with Gasteiger partial charge in [0.25, 0.3) is 37.6 Å². The van der Waals surface area contributed by atoms with E-state index in [9.17, 15) is 63.6 Å². The van der Waals surface area contributed by atoms with Crippen LogP contribution in [-0.4, -0.2) is 167 Å². The van der Waals surface area contributed by atoms with Crippen LogP contribution in [0.15, 0.2) is 129 Å². The Hall–Kier alpha value is -7.39. The molecule has 26 heteroatoms. The first-order chi connectivity index (χ1) is 44.2. The predicted octanol–water partition coefficient (Wildman–Crippen LogP) is 9.57. The lowest BCUT2D eigenvalue weighted by molar-refractivity contribution is -0.136. The number of halogens is 3. The molecule has 4 aromatic rings. The van der Waals surface area contributed by atoms with Gasteiger partial charge in [0, 0.05) is 113 Å². The monoisotopic (exact) mass is 1340 g/mol. The minimum atomic E-state index is -6.17. The molecule has 0 bridgehead atoms. The molecule has 0 saturated carbocycles. The molecule has 7 amide bonds. The van der Waals surface area contributed by atoms with Crippen molar-refractivity contribution in [3.63, 3.8) is 0 Å². The van der Waals surface area contributed by atoms with Gasteiger partial charge in [-0.25, -0.2) is 21.6 Å². The summed E-state index contributed by atoms with van der Waals surface area (Å²) in [5, 5.41) is 7.86. The van der Waals surface area contributed by atoms with Crippen LogP contribution >= 0.6 is 11.8 Å². The van der Waals surface area contributed by atoms with Crippen molar-refractivity contribution in [3.05, 3.63) is 131 Å². The van der Waals surface area contributed by atoms with Gasteiger partial charge in [0.2, 0.25) is 23.6 Å². The van der Waals surface area contributed by atoms with E-state index < -0.39 is 88.4 Å². The number of nitrogens with zero attached hydrogens (tertiary/aromatic N) is 5. The van der Waals surface area contributed by atoms with Crippen molar-refractivity contribution in [1.29, 1.82) is 0 Å². The van der Waals surface area contributed by atoms with E-state index in [1.165, 1.54) is 53.2 Å². The van der Waals surface area contributed by atoms with E-state index >= 15 is 0 Å². The number of thioether (sulfide) groups is 1. The lowest BCUT2D eigenvalue weighted by Crippen LogP contribution is -2.54. The van der Waals surface area contributed by atoms with Crippen LogP contribution in [0, 0.1) is 5.41 Å². The summed E-state index contributed by atoms with van der Waals surface area (Å²) in [6, 6.07) is 20.5. The Bertz CT molecular complexity index is 3740. The quantitative estimate of drug-likeness (QED) is 0.0188. The summed E-state index contributed by atoms with van der Waals surface area (Å²) in [5.41, 5.74) is -0.744. The van der Waals surface area contributed by atoms with Crippen LogP contribution in [0.25, 0.3) is 0 Å². The first-order valence-corrected chi connectivity index (χ1v) is 35.7. The van der Waals surface area contributed by atoms with Gasteiger partial charge < -0.3 is 20.4 Å². The SMILES string of the molecule is C=C(CC)CCC1=C(CN2CCN(c3ccc(C(=O)NS(=O)(=O)c4ccc(N[C@H](CCN5CCN(C(=O)CCCCCC(=O)Nc6cccc7c6C(=O)N(C6CCC(=O)NC6=O)C7=O)CC5)CSc5ccccc5)c(S(=O)(=O)C(F)(F)F)c4)cc3)CC2)CCC(C)(C)C1. The molecule has 20 nitrogen and oxygen atoms in total. The molecule has 1 unspecified atom stereocenters. The zero-order chi connectivity index (χ0) is 66.8. The number of benzene rings is 4. The predicted molar refractivity (Wildman–Crippen MR) is 350 cm³/mol. The van der Waals surface area contributed by atoms with Crippen molar-refractivity contribution in [2.24, 2.45) is 5.41 Å². The minimum absolute atomic E-state index is 0.0111. The van der Waals surface area contributed by atoms with E-state index in [1.807, 2.05) is 35.1 Å². The van der Waals surface area contributed by atoms with Crippen molar-refractivity contribution in [2.45, 2.75) is 143 Å². The Morgan fingerprint density at radius 2 is 1.47 bits per heavy atom. The molecule has 3 saturated heterocycles. The highest BCUT2D eigenvalue weighted by Gasteiger charge is 2.49. The van der Waals surface area contributed by atoms with Crippen LogP contribution in [0.1, 0.15) is 142 Å². The lowest BCUT2D eigenvalue weighted by Gasteiger charge is -2.39. The van der Waals surface area contributed by atoms with Gasteiger partial charge in [-0.05, 0) is 136 Å². The number of sulfone groups is 1. The molecular weight excluding hydrogens is 1260 g/mol. The highest BCUT2D eigenvalue weighted by molar-refractivity contribution is 7.99. The average Bonchev–Trinajstić information content (AvgIpc) is 1.73. The second-order valence-corrected chi connectivity index (χ2v) is 29.9. The summed E-state index contributed by atoms with van der Waals surface area (Å²) in [6.07, 6.45) is 8.36. The summed E-state index contributed by atoms with van der Waals surface area (Å²) in [4.78, 5) is 98.7. The number of hydrogen-bond donors (Lipinski definition) is 4. The molecule has 1 aliphatic carbocycles. The maximum Gasteiger partial charge on any atom is 0.501 e. The fourth-order valence-corrected chi connectivity index (χ4v) is 15.5. The van der Waals surface area contributed by atoms with Crippen LogP contribution < -0.4 is 25.6 Å². The zero-order valence-corrected chi connectivity index (χ0v) is 55.2. The molecule has 4 heterocycles. The van der Waals surface area contributed by atoms with Gasteiger partial charge in [-0.3, -0.25) is 53.6 Å². The number of carbonyl (C=O) groups is 7. The smallest absolute Gasteiger partial charge is 0.380 e. The molecule has 4 aliphatic heterocycles. The molecule has 0 radical (unpaired) electrons. The van der Waals surface area contributed by atoms with E-state index in [1.54, 1.807) is 22.6 Å². The number of fused-ring (bicyclic) bond motifs is 1. The summed E-state index contributed by atoms with van der Waals surface area (Å²) < 4.78 is 99.8. The molecule has 3 fully saturated rings. The number of rotatable bonds is 27. The third kappa shape index (κ3) is 17.7. The number of amides is 7. The second kappa shape index (κ2) is 30.3. The lowest BCUT2D eigenvalue weighted by atomic mass is 9.73. The van der Waals surface area contributed by atoms with E-state index in [0.29, 0.717) is 64.5 Å². The largest absolute Gasteiger partial charge is 0.501 e. The number of piperidine rings is 1. The summed E-state index contributed by atoms with van der Waals surface area (Å²) in [6.45, 7) is 17.2. The number of hydrogen-bond acceptors (Lipinski definition) is 16. The first kappa shape index (κ1) is 69.9. The topological polar surface area (TPSA) is 252 Å². The van der Waals surface area contributed by atoms with Gasteiger partial charge in [0.15, 0.2) is 0 Å². The molecule has 0 aromatic heterocycles. The number of nitrogens with one attached hydrogen (secondary N) is 4. The Morgan fingerprint density at radius 1 is 0.774 bits per heavy atom. The van der Waals surface area contributed by atoms with Crippen LogP contribution in [0.4, 0.5) is 30.2 Å². The average molecular weight is 1340 g/mol. The van der Waals surface area contributed by atoms with Crippen LogP contribution in [0.2, 0.25) is 0 Å². The third-order valence-corrected chi connectivity index (χ3v) is 22.1. The molecule has 9 rings (SSSR count). The molecule has 500 valence electrons. The van der Waals surface area contributed by atoms with Crippen molar-refractivity contribution in [3.8, 4) is 0 Å². The van der Waals surface area contributed by atoms with Crippen LogP contribution in [0.3, 0.4) is 0 Å². The van der Waals surface area contributed by atoms with Gasteiger partial charge in [0.1, 0.15) is 10.9 Å². The fourth-order valence-electron chi connectivity index (χ4n) is 12.5. The van der Waals surface area contributed by atoms with E-state index in [-0.39, 0.29) is 65.1 Å². The Labute approximate surface area is 546 Å². The number of carbonyl (C=O) groups excluding carboxylic acids is 7. The molecule has 4 N–H and O–H groups in total. The Morgan fingerprint density at radius 3 is 2.16 bits per heavy atom. The molecular formula is C67H82F3N9O11S3.